The second kappa shape index (κ2) is 8.60. The number of piperidine rings is 1. The second-order valence-corrected chi connectivity index (χ2v) is 8.25. The Bertz CT molecular complexity index is 961. The molecule has 1 fully saturated rings. The van der Waals surface area contributed by atoms with Crippen molar-refractivity contribution in [2.45, 2.75) is 51.6 Å². The van der Waals surface area contributed by atoms with Crippen molar-refractivity contribution < 1.29 is 18.7 Å². The Kier molecular flexibility index (Phi) is 5.90. The van der Waals surface area contributed by atoms with Gasteiger partial charge in [0.25, 0.3) is 5.91 Å². The average molecular weight is 413 g/mol. The summed E-state index contributed by atoms with van der Waals surface area (Å²) in [6, 6.07) is 5.15. The van der Waals surface area contributed by atoms with Gasteiger partial charge in [-0.1, -0.05) is 6.07 Å². The van der Waals surface area contributed by atoms with E-state index in [2.05, 4.69) is 15.2 Å². The Labute approximate surface area is 175 Å². The third kappa shape index (κ3) is 4.12. The van der Waals surface area contributed by atoms with Gasteiger partial charge in [-0.15, -0.1) is 0 Å². The van der Waals surface area contributed by atoms with Crippen LogP contribution < -0.4 is 10.1 Å². The molecule has 2 N–H and O–H groups in total. The molecular weight excluding hydrogens is 385 g/mol. The molecule has 0 atom stereocenters. The zero-order valence-corrected chi connectivity index (χ0v) is 17.5. The Morgan fingerprint density at radius 2 is 2.07 bits per heavy atom. The van der Waals surface area contributed by atoms with Crippen LogP contribution in [0.15, 0.2) is 18.2 Å². The molecule has 4 rings (SSSR count). The predicted octanol–water partition coefficient (Wildman–Crippen LogP) is 3.38. The third-order valence-corrected chi connectivity index (χ3v) is 6.21. The zero-order chi connectivity index (χ0) is 21.3. The molecule has 30 heavy (non-hydrogen) atoms. The number of aromatic nitrogens is 1. The minimum atomic E-state index is -0.348. The highest BCUT2D eigenvalue weighted by atomic mass is 19.1. The van der Waals surface area contributed by atoms with E-state index in [1.807, 2.05) is 13.0 Å². The highest BCUT2D eigenvalue weighted by Gasteiger charge is 2.28. The Hall–Kier alpha value is -2.67. The largest absolute Gasteiger partial charge is 0.494 e. The van der Waals surface area contributed by atoms with Gasteiger partial charge < -0.3 is 15.0 Å². The number of nitrogens with one attached hydrogen (secondary N) is 2. The summed E-state index contributed by atoms with van der Waals surface area (Å²) in [5.74, 6) is -0.0968. The number of benzene rings is 1. The van der Waals surface area contributed by atoms with Crippen LogP contribution in [-0.4, -0.2) is 47.8 Å². The van der Waals surface area contributed by atoms with E-state index in [0.29, 0.717) is 24.2 Å². The molecule has 1 amide bonds. The Morgan fingerprint density at radius 3 is 2.73 bits per heavy atom. The number of fused-ring (bicyclic) bond motifs is 1. The number of carbonyl (C=O) groups excluding carboxylic acids is 2. The predicted molar refractivity (Wildman–Crippen MR) is 112 cm³/mol. The van der Waals surface area contributed by atoms with E-state index in [1.165, 1.54) is 13.2 Å². The van der Waals surface area contributed by atoms with Gasteiger partial charge >= 0.3 is 0 Å². The molecule has 2 aliphatic rings. The standard InChI is InChI=1S/C23H28FN3O3/c1-14-21-18(4-3-5-19(21)28)26-22(14)23(29)25-16-8-10-27(11-9-16)13-15-6-7-20(30-2)17(24)12-15/h6-7,12,16,26H,3-5,8-11,13H2,1-2H3,(H,25,29). The number of amides is 1. The van der Waals surface area contributed by atoms with Gasteiger partial charge in [-0.25, -0.2) is 4.39 Å². The van der Waals surface area contributed by atoms with Crippen molar-refractivity contribution in [3.8, 4) is 5.75 Å². The number of aromatic amines is 1. The van der Waals surface area contributed by atoms with E-state index in [-0.39, 0.29) is 29.3 Å². The van der Waals surface area contributed by atoms with Crippen LogP contribution in [0.25, 0.3) is 0 Å². The fourth-order valence-electron chi connectivity index (χ4n) is 4.56. The molecule has 2 heterocycles. The van der Waals surface area contributed by atoms with Crippen LogP contribution in [0.4, 0.5) is 4.39 Å². The summed E-state index contributed by atoms with van der Waals surface area (Å²) < 4.78 is 18.9. The van der Waals surface area contributed by atoms with Gasteiger partial charge in [0, 0.05) is 43.4 Å². The molecule has 1 aliphatic heterocycles. The zero-order valence-electron chi connectivity index (χ0n) is 17.5. The summed E-state index contributed by atoms with van der Waals surface area (Å²) >= 11 is 0. The van der Waals surface area contributed by atoms with E-state index in [4.69, 9.17) is 4.74 Å². The van der Waals surface area contributed by atoms with Gasteiger partial charge in [0.15, 0.2) is 17.3 Å². The fourth-order valence-corrected chi connectivity index (χ4v) is 4.56. The van der Waals surface area contributed by atoms with Crippen molar-refractivity contribution in [2.24, 2.45) is 0 Å². The maximum absolute atomic E-state index is 13.9. The van der Waals surface area contributed by atoms with Gasteiger partial charge in [-0.2, -0.15) is 0 Å². The number of likely N-dealkylation sites (tertiary alicyclic amines) is 1. The van der Waals surface area contributed by atoms with E-state index < -0.39 is 0 Å². The lowest BCUT2D eigenvalue weighted by Crippen LogP contribution is -2.44. The van der Waals surface area contributed by atoms with Crippen molar-refractivity contribution in [1.29, 1.82) is 0 Å². The van der Waals surface area contributed by atoms with Crippen molar-refractivity contribution in [2.75, 3.05) is 20.2 Å². The molecule has 0 saturated carbocycles. The topological polar surface area (TPSA) is 74.4 Å². The average Bonchev–Trinajstić information content (AvgIpc) is 3.07. The maximum Gasteiger partial charge on any atom is 0.268 e. The van der Waals surface area contributed by atoms with E-state index >= 15 is 0 Å². The first kappa shape index (κ1) is 20.6. The molecule has 0 spiro atoms. The number of ketones is 1. The van der Waals surface area contributed by atoms with E-state index in [9.17, 15) is 14.0 Å². The lowest BCUT2D eigenvalue weighted by molar-refractivity contribution is 0.0903. The number of H-pyrrole nitrogens is 1. The van der Waals surface area contributed by atoms with E-state index in [1.54, 1.807) is 6.07 Å². The maximum atomic E-state index is 13.9. The summed E-state index contributed by atoms with van der Waals surface area (Å²) in [6.45, 7) is 4.19. The Balaban J connectivity index is 1.32. The molecular formula is C23H28FN3O3. The molecule has 2 aromatic rings. The smallest absolute Gasteiger partial charge is 0.268 e. The third-order valence-electron chi connectivity index (χ3n) is 6.21. The summed E-state index contributed by atoms with van der Waals surface area (Å²) in [4.78, 5) is 30.4. The highest BCUT2D eigenvalue weighted by molar-refractivity contribution is 6.04. The van der Waals surface area contributed by atoms with Crippen LogP contribution in [-0.2, 0) is 13.0 Å². The molecule has 1 aromatic carbocycles. The van der Waals surface area contributed by atoms with Crippen LogP contribution >= 0.6 is 0 Å². The van der Waals surface area contributed by atoms with Crippen LogP contribution in [0.3, 0.4) is 0 Å². The second-order valence-electron chi connectivity index (χ2n) is 8.25. The summed E-state index contributed by atoms with van der Waals surface area (Å²) in [6.07, 6.45) is 3.89. The molecule has 0 radical (unpaired) electrons. The number of halogens is 1. The van der Waals surface area contributed by atoms with Crippen molar-refractivity contribution in [3.63, 3.8) is 0 Å². The van der Waals surface area contributed by atoms with Gasteiger partial charge in [0.1, 0.15) is 5.69 Å². The van der Waals surface area contributed by atoms with Gasteiger partial charge in [0.05, 0.1) is 7.11 Å². The van der Waals surface area contributed by atoms with Crippen LogP contribution in [0.2, 0.25) is 0 Å². The van der Waals surface area contributed by atoms with Crippen LogP contribution in [0, 0.1) is 12.7 Å². The van der Waals surface area contributed by atoms with Gasteiger partial charge in [-0.05, 0) is 55.9 Å². The number of Topliss-reactive ketones (excluding diaryl/α,β-unsaturated/α-hetero) is 1. The monoisotopic (exact) mass is 413 g/mol. The fraction of sp³-hybridized carbons (Fsp3) is 0.478. The van der Waals surface area contributed by atoms with Crippen molar-refractivity contribution >= 4 is 11.7 Å². The normalized spacial score (nSPS) is 17.6. The lowest BCUT2D eigenvalue weighted by atomic mass is 9.93. The first-order valence-electron chi connectivity index (χ1n) is 10.6. The van der Waals surface area contributed by atoms with Gasteiger partial charge in [-0.3, -0.25) is 14.5 Å². The summed E-state index contributed by atoms with van der Waals surface area (Å²) in [5.41, 5.74) is 3.81. The molecule has 1 saturated heterocycles. The summed E-state index contributed by atoms with van der Waals surface area (Å²) in [5, 5.41) is 3.12. The quantitative estimate of drug-likeness (QED) is 0.788. The minimum Gasteiger partial charge on any atom is -0.494 e. The lowest BCUT2D eigenvalue weighted by Gasteiger charge is -2.32. The number of hydrogen-bond acceptors (Lipinski definition) is 4. The van der Waals surface area contributed by atoms with Crippen molar-refractivity contribution in [1.82, 2.24) is 15.2 Å². The molecule has 7 heteroatoms. The SMILES string of the molecule is COc1ccc(CN2CCC(NC(=O)c3[nH]c4c(c3C)C(=O)CCC4)CC2)cc1F. The van der Waals surface area contributed by atoms with E-state index in [0.717, 1.165) is 55.6 Å². The number of nitrogens with zero attached hydrogens (tertiary/aromatic N) is 1. The van der Waals surface area contributed by atoms with Crippen LogP contribution in [0.1, 0.15) is 63.4 Å². The molecule has 6 nitrogen and oxygen atoms in total. The number of ether oxygens (including phenoxy) is 1. The van der Waals surface area contributed by atoms with Crippen molar-refractivity contribution in [3.05, 3.63) is 52.1 Å². The molecule has 160 valence electrons. The molecule has 0 bridgehead atoms. The minimum absolute atomic E-state index is 0.0942. The number of aryl methyl sites for hydroxylation is 1. The number of rotatable bonds is 5. The first-order valence-corrected chi connectivity index (χ1v) is 10.6. The molecule has 0 unspecified atom stereocenters. The number of hydrogen-bond donors (Lipinski definition) is 2. The van der Waals surface area contributed by atoms with Gasteiger partial charge in [0.2, 0.25) is 0 Å². The highest BCUT2D eigenvalue weighted by Crippen LogP contribution is 2.27. The Morgan fingerprint density at radius 1 is 1.30 bits per heavy atom. The van der Waals surface area contributed by atoms with Crippen LogP contribution in [0.5, 0.6) is 5.75 Å². The number of methoxy groups -OCH3 is 1. The molecule has 1 aliphatic carbocycles. The summed E-state index contributed by atoms with van der Waals surface area (Å²) in [7, 11) is 1.46. The molecule has 1 aromatic heterocycles. The first-order chi connectivity index (χ1) is 14.5. The number of carbonyl (C=O) groups is 2.